The molecule has 26 heavy (non-hydrogen) atoms. The van der Waals surface area contributed by atoms with Crippen molar-refractivity contribution in [2.24, 2.45) is 5.92 Å². The van der Waals surface area contributed by atoms with Gasteiger partial charge in [0.15, 0.2) is 0 Å². The normalized spacial score (nSPS) is 15.0. The zero-order valence-electron chi connectivity index (χ0n) is 14.3. The first kappa shape index (κ1) is 16.7. The standard InChI is InChI=1S/C16H17N7O2S/c1-9-19-13(22-16(17-2)20-9)14-21-15(25-23-14)11-5-6-12(18-7-11)26(24)8-10-3-4-10/h5-7,10H,3-4,8H2,1-2H3,(H,17,19,20,22). The number of nitrogens with zero attached hydrogens (tertiary/aromatic N) is 6. The van der Waals surface area contributed by atoms with Gasteiger partial charge in [0.05, 0.1) is 16.4 Å². The lowest BCUT2D eigenvalue weighted by Gasteiger charge is -2.01. The lowest BCUT2D eigenvalue weighted by Crippen LogP contribution is -2.03. The molecule has 1 aliphatic rings. The first-order valence-corrected chi connectivity index (χ1v) is 9.53. The van der Waals surface area contributed by atoms with Crippen LogP contribution < -0.4 is 5.32 Å². The Balaban J connectivity index is 1.56. The molecule has 1 N–H and O–H groups in total. The molecule has 0 spiro atoms. The number of rotatable bonds is 6. The average molecular weight is 371 g/mol. The van der Waals surface area contributed by atoms with Crippen molar-refractivity contribution in [2.45, 2.75) is 24.8 Å². The summed E-state index contributed by atoms with van der Waals surface area (Å²) in [5.41, 5.74) is 0.649. The molecule has 3 aromatic heterocycles. The van der Waals surface area contributed by atoms with Gasteiger partial charge in [0.1, 0.15) is 10.9 Å². The van der Waals surface area contributed by atoms with Gasteiger partial charge in [-0.15, -0.1) is 0 Å². The minimum atomic E-state index is -1.06. The Morgan fingerprint density at radius 3 is 2.73 bits per heavy atom. The molecule has 0 radical (unpaired) electrons. The quantitative estimate of drug-likeness (QED) is 0.692. The number of aromatic nitrogens is 6. The van der Waals surface area contributed by atoms with E-state index in [-0.39, 0.29) is 5.82 Å². The number of hydrogen-bond donors (Lipinski definition) is 1. The summed E-state index contributed by atoms with van der Waals surface area (Å²) in [6.07, 6.45) is 3.93. The van der Waals surface area contributed by atoms with E-state index in [1.807, 2.05) is 0 Å². The first-order valence-electron chi connectivity index (χ1n) is 8.21. The number of nitrogens with one attached hydrogen (secondary N) is 1. The van der Waals surface area contributed by atoms with E-state index in [9.17, 15) is 4.21 Å². The van der Waals surface area contributed by atoms with Crippen molar-refractivity contribution in [3.63, 3.8) is 0 Å². The summed E-state index contributed by atoms with van der Waals surface area (Å²) in [7, 11) is 0.665. The molecule has 9 nitrogen and oxygen atoms in total. The summed E-state index contributed by atoms with van der Waals surface area (Å²) in [6.45, 7) is 1.76. The van der Waals surface area contributed by atoms with Crippen LogP contribution in [0.2, 0.25) is 0 Å². The van der Waals surface area contributed by atoms with Crippen molar-refractivity contribution < 1.29 is 8.73 Å². The molecular weight excluding hydrogens is 354 g/mol. The highest BCUT2D eigenvalue weighted by atomic mass is 32.2. The summed E-state index contributed by atoms with van der Waals surface area (Å²) >= 11 is 0. The van der Waals surface area contributed by atoms with E-state index in [1.165, 1.54) is 12.8 Å². The third-order valence-electron chi connectivity index (χ3n) is 3.90. The lowest BCUT2D eigenvalue weighted by atomic mass is 10.3. The molecule has 0 aliphatic heterocycles. The molecule has 1 aliphatic carbocycles. The molecular formula is C16H17N7O2S. The zero-order valence-corrected chi connectivity index (χ0v) is 15.2. The number of pyridine rings is 1. The second-order valence-corrected chi connectivity index (χ2v) is 7.49. The van der Waals surface area contributed by atoms with Crippen molar-refractivity contribution in [1.29, 1.82) is 0 Å². The Morgan fingerprint density at radius 1 is 1.19 bits per heavy atom. The fourth-order valence-corrected chi connectivity index (χ4v) is 3.67. The van der Waals surface area contributed by atoms with Crippen LogP contribution in [0.5, 0.6) is 0 Å². The fourth-order valence-electron chi connectivity index (χ4n) is 2.35. The van der Waals surface area contributed by atoms with Crippen molar-refractivity contribution in [3.05, 3.63) is 24.2 Å². The van der Waals surface area contributed by atoms with Gasteiger partial charge in [0, 0.05) is 19.0 Å². The van der Waals surface area contributed by atoms with Gasteiger partial charge >= 0.3 is 0 Å². The highest BCUT2D eigenvalue weighted by Crippen LogP contribution is 2.30. The Bertz CT molecular complexity index is 953. The highest BCUT2D eigenvalue weighted by molar-refractivity contribution is 7.85. The summed E-state index contributed by atoms with van der Waals surface area (Å²) in [4.78, 5) is 21.2. The van der Waals surface area contributed by atoms with Crippen LogP contribution in [0.25, 0.3) is 23.1 Å². The van der Waals surface area contributed by atoms with E-state index in [1.54, 1.807) is 32.3 Å². The van der Waals surface area contributed by atoms with E-state index in [0.29, 0.717) is 45.7 Å². The molecule has 1 saturated carbocycles. The van der Waals surface area contributed by atoms with Crippen LogP contribution in [0, 0.1) is 12.8 Å². The minimum absolute atomic E-state index is 0.267. The summed E-state index contributed by atoms with van der Waals surface area (Å²) < 4.78 is 17.5. The molecule has 3 heterocycles. The van der Waals surface area contributed by atoms with Gasteiger partial charge in [-0.05, 0) is 37.8 Å². The predicted octanol–water partition coefficient (Wildman–Crippen LogP) is 1.85. The molecule has 134 valence electrons. The zero-order chi connectivity index (χ0) is 18.1. The second-order valence-electron chi connectivity index (χ2n) is 6.04. The van der Waals surface area contributed by atoms with Crippen LogP contribution in [0.4, 0.5) is 5.95 Å². The SMILES string of the molecule is CNc1nc(C)nc(-c2noc(-c3ccc(S(=O)CC4CC4)nc3)n2)n1. The second kappa shape index (κ2) is 6.87. The largest absolute Gasteiger partial charge is 0.357 e. The predicted molar refractivity (Wildman–Crippen MR) is 94.6 cm³/mol. The van der Waals surface area contributed by atoms with Crippen LogP contribution in [-0.4, -0.2) is 47.1 Å². The maximum Gasteiger partial charge on any atom is 0.259 e. The van der Waals surface area contributed by atoms with Crippen LogP contribution in [0.15, 0.2) is 27.9 Å². The molecule has 10 heteroatoms. The number of anilines is 1. The van der Waals surface area contributed by atoms with Crippen LogP contribution in [0.3, 0.4) is 0 Å². The topological polar surface area (TPSA) is 120 Å². The van der Waals surface area contributed by atoms with E-state index < -0.39 is 10.8 Å². The third-order valence-corrected chi connectivity index (χ3v) is 5.38. The van der Waals surface area contributed by atoms with Gasteiger partial charge < -0.3 is 9.84 Å². The van der Waals surface area contributed by atoms with Gasteiger partial charge in [0.2, 0.25) is 17.6 Å². The van der Waals surface area contributed by atoms with Gasteiger partial charge in [0.25, 0.3) is 5.89 Å². The van der Waals surface area contributed by atoms with Crippen LogP contribution in [-0.2, 0) is 10.8 Å². The number of hydrogen-bond acceptors (Lipinski definition) is 9. The third kappa shape index (κ3) is 3.59. The van der Waals surface area contributed by atoms with Gasteiger partial charge in [-0.3, -0.25) is 4.21 Å². The Hall–Kier alpha value is -2.75. The molecule has 0 amide bonds. The smallest absolute Gasteiger partial charge is 0.259 e. The minimum Gasteiger partial charge on any atom is -0.357 e. The summed E-state index contributed by atoms with van der Waals surface area (Å²) in [5.74, 6) is 3.15. The lowest BCUT2D eigenvalue weighted by molar-refractivity contribution is 0.431. The van der Waals surface area contributed by atoms with Gasteiger partial charge in [-0.2, -0.15) is 15.0 Å². The molecule has 4 rings (SSSR count). The first-order chi connectivity index (χ1) is 12.6. The maximum atomic E-state index is 12.2. The maximum absolute atomic E-state index is 12.2. The summed E-state index contributed by atoms with van der Waals surface area (Å²) in [5, 5.41) is 7.37. The highest BCUT2D eigenvalue weighted by Gasteiger charge is 2.25. The molecule has 3 aromatic rings. The van der Waals surface area contributed by atoms with Crippen LogP contribution in [0.1, 0.15) is 18.7 Å². The van der Waals surface area contributed by atoms with E-state index in [2.05, 4.69) is 35.4 Å². The van der Waals surface area contributed by atoms with Crippen molar-refractivity contribution >= 4 is 16.7 Å². The van der Waals surface area contributed by atoms with Crippen molar-refractivity contribution in [3.8, 4) is 23.1 Å². The molecule has 0 bridgehead atoms. The average Bonchev–Trinajstić information content (AvgIpc) is 3.33. The van der Waals surface area contributed by atoms with E-state index in [4.69, 9.17) is 4.52 Å². The molecule has 1 atom stereocenters. The fraction of sp³-hybridized carbons (Fsp3) is 0.375. The Kier molecular flexibility index (Phi) is 4.41. The van der Waals surface area contributed by atoms with Gasteiger partial charge in [-0.25, -0.2) is 9.97 Å². The van der Waals surface area contributed by atoms with E-state index >= 15 is 0 Å². The molecule has 1 fully saturated rings. The van der Waals surface area contributed by atoms with Gasteiger partial charge in [-0.1, -0.05) is 5.16 Å². The Morgan fingerprint density at radius 2 is 2.04 bits per heavy atom. The monoisotopic (exact) mass is 371 g/mol. The summed E-state index contributed by atoms with van der Waals surface area (Å²) in [6, 6.07) is 3.52. The van der Waals surface area contributed by atoms with Crippen LogP contribution >= 0.6 is 0 Å². The molecule has 0 aromatic carbocycles. The van der Waals surface area contributed by atoms with E-state index in [0.717, 1.165) is 0 Å². The molecule has 1 unspecified atom stereocenters. The van der Waals surface area contributed by atoms with Crippen molar-refractivity contribution in [2.75, 3.05) is 18.1 Å². The Labute approximate surface area is 152 Å². The molecule has 0 saturated heterocycles. The van der Waals surface area contributed by atoms with Crippen molar-refractivity contribution in [1.82, 2.24) is 30.1 Å². The number of aryl methyl sites for hydroxylation is 1.